The van der Waals surface area contributed by atoms with E-state index in [1.54, 1.807) is 0 Å². The maximum absolute atomic E-state index is 7.24. The zero-order chi connectivity index (χ0) is 56.1. The molecule has 82 heavy (non-hydrogen) atoms. The summed E-state index contributed by atoms with van der Waals surface area (Å²) in [6, 6.07) is 25.1. The van der Waals surface area contributed by atoms with E-state index in [1.807, 2.05) is 0 Å². The second kappa shape index (κ2) is 27.2. The van der Waals surface area contributed by atoms with E-state index in [4.69, 9.17) is 48.9 Å². The minimum atomic E-state index is -0.244. The van der Waals surface area contributed by atoms with E-state index in [9.17, 15) is 0 Å². The Morgan fingerprint density at radius 3 is 1.00 bits per heavy atom. The molecular weight excluding hydrogens is 1020 g/mol. The van der Waals surface area contributed by atoms with E-state index >= 15 is 0 Å². The molecule has 12 nitrogen and oxygen atoms in total. The molecule has 0 saturated heterocycles. The van der Waals surface area contributed by atoms with Crippen LogP contribution >= 0.6 is 0 Å². The highest BCUT2D eigenvalue weighted by atomic mass is 16.5. The van der Waals surface area contributed by atoms with Gasteiger partial charge in [-0.1, -0.05) is 230 Å². The van der Waals surface area contributed by atoms with Crippen LogP contribution in [0.4, 0.5) is 0 Å². The summed E-state index contributed by atoms with van der Waals surface area (Å²) in [4.78, 5) is 40.1. The molecule has 4 aromatic carbocycles. The van der Waals surface area contributed by atoms with Crippen LogP contribution in [0.15, 0.2) is 72.8 Å². The Morgan fingerprint density at radius 1 is 0.329 bits per heavy atom. The van der Waals surface area contributed by atoms with Crippen molar-refractivity contribution in [3.05, 3.63) is 72.8 Å². The van der Waals surface area contributed by atoms with Crippen LogP contribution in [-0.4, -0.2) is 66.3 Å². The third-order valence-electron chi connectivity index (χ3n) is 18.2. The Bertz CT molecular complexity index is 3200. The van der Waals surface area contributed by atoms with Gasteiger partial charge in [0.25, 0.3) is 0 Å². The number of nitrogens with zero attached hydrogens (tertiary/aromatic N) is 6. The standard InChI is InChI=1S/C70H90N8O4/c1-5-9-13-17-21-25-41-69(42-26-22-18-14-10-6-2)45-79-53-37-29-33-49-57(53)65-73-61(49)71-63-51-35-31-39-55-59(51)67(75-63)78-68-60-52(64(76-68)72-62-50-34-30-38-54(80-46-69)58(50)66(74-62)77-65)36-32-40-56(60)82-48-70(47-81-55,43-27-23-19-15-11-7-3)44-28-24-20-16-12-8-4/h29-40H,5-28,41-48H2,1-4H3,(H2,71,72,73,74,75,76,77,78). The molecule has 3 aromatic heterocycles. The van der Waals surface area contributed by atoms with Gasteiger partial charge in [0.15, 0.2) is 23.3 Å². The summed E-state index contributed by atoms with van der Waals surface area (Å²) in [5.74, 6) is 5.11. The Balaban J connectivity index is 1.10. The Morgan fingerprint density at radius 2 is 0.634 bits per heavy atom. The summed E-state index contributed by atoms with van der Waals surface area (Å²) >= 11 is 0. The fraction of sp³-hybridized carbons (Fsp3) is 0.543. The summed E-state index contributed by atoms with van der Waals surface area (Å²) in [7, 11) is 0. The van der Waals surface area contributed by atoms with Gasteiger partial charge >= 0.3 is 0 Å². The van der Waals surface area contributed by atoms with Crippen LogP contribution in [0, 0.1) is 10.8 Å². The third-order valence-corrected chi connectivity index (χ3v) is 18.2. The van der Waals surface area contributed by atoms with Gasteiger partial charge in [0, 0.05) is 32.7 Å². The summed E-state index contributed by atoms with van der Waals surface area (Å²) in [6.45, 7) is 11.2. The SMILES string of the molecule is CCCCCCCCC1(CCCCCCCC)COc2cccc3c2-c2nc-3nc3[nH]c4nc5nc(nc6[nH]c(n2)c2c(cccc62)OC1)-c1cccc(c1-5)OCC(CCCCCCCC)(CCCCCCCC)COc1cccc3c14. The molecule has 4 aliphatic heterocycles. The predicted octanol–water partition coefficient (Wildman–Crippen LogP) is 19.4. The molecule has 7 aromatic rings. The molecule has 434 valence electrons. The van der Waals surface area contributed by atoms with Crippen molar-refractivity contribution in [1.82, 2.24) is 39.9 Å². The number of hydrogen-bond donors (Lipinski definition) is 2. The first-order valence-corrected chi connectivity index (χ1v) is 32.3. The van der Waals surface area contributed by atoms with E-state index in [0.717, 1.165) is 118 Å². The lowest BCUT2D eigenvalue weighted by Gasteiger charge is -2.34. The average Bonchev–Trinajstić information content (AvgIpc) is 4.45. The quantitative estimate of drug-likeness (QED) is 0.0455. The number of benzene rings is 4. The van der Waals surface area contributed by atoms with Gasteiger partial charge in [0.1, 0.15) is 45.6 Å². The highest BCUT2D eigenvalue weighted by molar-refractivity contribution is 6.10. The number of H-pyrrole nitrogens is 2. The Labute approximate surface area is 486 Å². The molecule has 0 fully saturated rings. The Hall–Kier alpha value is -6.56. The van der Waals surface area contributed by atoms with E-state index in [-0.39, 0.29) is 10.8 Å². The molecule has 4 aliphatic rings. The monoisotopic (exact) mass is 1110 g/mol. The normalized spacial score (nSPS) is 14.9. The van der Waals surface area contributed by atoms with Crippen molar-refractivity contribution >= 4 is 44.1 Å². The first kappa shape index (κ1) is 57.3. The summed E-state index contributed by atoms with van der Waals surface area (Å²) in [5, 5.41) is 3.48. The average molecular weight is 1110 g/mol. The van der Waals surface area contributed by atoms with Crippen LogP contribution in [-0.2, 0) is 0 Å². The molecule has 7 heterocycles. The smallest absolute Gasteiger partial charge is 0.168 e. The number of fused-ring (bicyclic) bond motifs is 8. The molecule has 2 N–H and O–H groups in total. The highest BCUT2D eigenvalue weighted by Gasteiger charge is 2.37. The van der Waals surface area contributed by atoms with Crippen molar-refractivity contribution in [1.29, 1.82) is 0 Å². The van der Waals surface area contributed by atoms with Crippen molar-refractivity contribution in [2.45, 2.75) is 207 Å². The number of rotatable bonds is 28. The van der Waals surface area contributed by atoms with Crippen molar-refractivity contribution < 1.29 is 18.9 Å². The van der Waals surface area contributed by atoms with Gasteiger partial charge in [-0.05, 0) is 49.9 Å². The van der Waals surface area contributed by atoms with Crippen LogP contribution in [0.1, 0.15) is 207 Å². The first-order chi connectivity index (χ1) is 40.4. The molecule has 0 amide bonds. The number of hydrogen-bond acceptors (Lipinski definition) is 10. The second-order valence-corrected chi connectivity index (χ2v) is 24.6. The van der Waals surface area contributed by atoms with E-state index in [2.05, 4.69) is 110 Å². The van der Waals surface area contributed by atoms with Gasteiger partial charge in [-0.2, -0.15) is 0 Å². The molecule has 0 spiro atoms. The number of aromatic amines is 2. The fourth-order valence-electron chi connectivity index (χ4n) is 13.3. The predicted molar refractivity (Wildman–Crippen MR) is 335 cm³/mol. The maximum atomic E-state index is 7.24. The minimum absolute atomic E-state index is 0.244. The van der Waals surface area contributed by atoms with E-state index in [1.165, 1.54) is 128 Å². The molecule has 11 rings (SSSR count). The number of ether oxygens (including phenoxy) is 4. The van der Waals surface area contributed by atoms with Crippen molar-refractivity contribution in [2.75, 3.05) is 26.4 Å². The second-order valence-electron chi connectivity index (χ2n) is 24.6. The van der Waals surface area contributed by atoms with Crippen molar-refractivity contribution in [2.24, 2.45) is 10.8 Å². The van der Waals surface area contributed by atoms with Crippen molar-refractivity contribution in [3.8, 4) is 68.5 Å². The van der Waals surface area contributed by atoms with Crippen molar-refractivity contribution in [3.63, 3.8) is 0 Å². The summed E-state index contributed by atoms with van der Waals surface area (Å²) in [6.07, 6.45) is 33.6. The lowest BCUT2D eigenvalue weighted by atomic mass is 9.79. The zero-order valence-corrected chi connectivity index (χ0v) is 49.9. The highest BCUT2D eigenvalue weighted by Crippen LogP contribution is 2.47. The van der Waals surface area contributed by atoms with E-state index < -0.39 is 0 Å². The lowest BCUT2D eigenvalue weighted by Crippen LogP contribution is -2.35. The first-order valence-electron chi connectivity index (χ1n) is 32.3. The summed E-state index contributed by atoms with van der Waals surface area (Å²) < 4.78 is 28.9. The third kappa shape index (κ3) is 12.8. The van der Waals surface area contributed by atoms with E-state index in [0.29, 0.717) is 72.3 Å². The topological polar surface area (TPSA) is 146 Å². The van der Waals surface area contributed by atoms with Crippen LogP contribution in [0.2, 0.25) is 0 Å². The van der Waals surface area contributed by atoms with Gasteiger partial charge in [-0.25, -0.2) is 29.9 Å². The molecule has 12 heteroatoms. The van der Waals surface area contributed by atoms with Gasteiger partial charge in [0.05, 0.1) is 48.3 Å². The number of unbranched alkanes of at least 4 members (excludes halogenated alkanes) is 20. The maximum Gasteiger partial charge on any atom is 0.168 e. The number of nitrogens with one attached hydrogen (secondary N) is 2. The largest absolute Gasteiger partial charge is 0.492 e. The lowest BCUT2D eigenvalue weighted by molar-refractivity contribution is 0.0574. The van der Waals surface area contributed by atoms with Gasteiger partial charge in [0.2, 0.25) is 0 Å². The molecule has 0 unspecified atom stereocenters. The molecular formula is C70H90N8O4. The van der Waals surface area contributed by atoms with Crippen LogP contribution in [0.25, 0.3) is 89.7 Å². The Kier molecular flexibility index (Phi) is 19.0. The van der Waals surface area contributed by atoms with Gasteiger partial charge < -0.3 is 28.9 Å². The molecule has 0 aliphatic carbocycles. The molecule has 0 saturated carbocycles. The fourth-order valence-corrected chi connectivity index (χ4v) is 13.3. The van der Waals surface area contributed by atoms with Crippen LogP contribution in [0.5, 0.6) is 23.0 Å². The molecule has 0 radical (unpaired) electrons. The minimum Gasteiger partial charge on any atom is -0.492 e. The molecule has 0 atom stereocenters. The van der Waals surface area contributed by atoms with Crippen LogP contribution < -0.4 is 18.9 Å². The number of aromatic nitrogens is 8. The zero-order valence-electron chi connectivity index (χ0n) is 49.9. The van der Waals surface area contributed by atoms with Crippen LogP contribution in [0.3, 0.4) is 0 Å². The molecule has 8 bridgehead atoms. The van der Waals surface area contributed by atoms with Gasteiger partial charge in [-0.3, -0.25) is 0 Å². The summed E-state index contributed by atoms with van der Waals surface area (Å²) in [5.41, 5.74) is 5.33. The van der Waals surface area contributed by atoms with Gasteiger partial charge in [-0.15, -0.1) is 0 Å².